The molecule has 4 aromatic rings. The predicted octanol–water partition coefficient (Wildman–Crippen LogP) is 4.63. The van der Waals surface area contributed by atoms with Gasteiger partial charge >= 0.3 is 0 Å². The molecule has 0 bridgehead atoms. The Morgan fingerprint density at radius 1 is 1.11 bits per heavy atom. The number of rotatable bonds is 6. The van der Waals surface area contributed by atoms with E-state index in [2.05, 4.69) is 48.7 Å². The van der Waals surface area contributed by atoms with Crippen molar-refractivity contribution in [2.24, 2.45) is 0 Å². The monoisotopic (exact) mass is 626 g/mol. The molecule has 1 unspecified atom stereocenters. The first kappa shape index (κ1) is 28.7. The molecule has 1 saturated heterocycles. The quantitative estimate of drug-likeness (QED) is 0.303. The van der Waals surface area contributed by atoms with Gasteiger partial charge in [-0.2, -0.15) is 0 Å². The Bertz CT molecular complexity index is 1770. The molecule has 0 saturated carbocycles. The first-order valence-corrected chi connectivity index (χ1v) is 16.1. The average molecular weight is 627 g/mol. The molecular formula is C33H31ClN6O3S. The molecule has 1 atom stereocenters. The van der Waals surface area contributed by atoms with Crippen molar-refractivity contribution in [1.29, 1.82) is 0 Å². The molecule has 1 fully saturated rings. The van der Waals surface area contributed by atoms with Crippen LogP contribution in [0.4, 0.5) is 5.13 Å². The second kappa shape index (κ2) is 12.2. The fourth-order valence-corrected chi connectivity index (χ4v) is 7.06. The van der Waals surface area contributed by atoms with Gasteiger partial charge in [-0.1, -0.05) is 35.6 Å². The molecule has 7 rings (SSSR count). The van der Waals surface area contributed by atoms with Gasteiger partial charge in [0.05, 0.1) is 18.1 Å². The van der Waals surface area contributed by atoms with E-state index >= 15 is 0 Å². The van der Waals surface area contributed by atoms with Crippen LogP contribution in [0.5, 0.6) is 0 Å². The number of likely N-dealkylation sites (tertiary alicyclic amines) is 1. The molecule has 3 aliphatic rings. The van der Waals surface area contributed by atoms with E-state index in [4.69, 9.17) is 11.6 Å². The van der Waals surface area contributed by atoms with E-state index in [0.29, 0.717) is 32.5 Å². The van der Waals surface area contributed by atoms with Gasteiger partial charge < -0.3 is 14.6 Å². The maximum Gasteiger partial charge on any atom is 0.255 e. The van der Waals surface area contributed by atoms with Crippen molar-refractivity contribution >= 4 is 39.9 Å². The fourth-order valence-electron chi connectivity index (χ4n) is 6.24. The number of nitrogens with zero attached hydrogens (tertiary/aromatic N) is 5. The number of aryl methyl sites for hydroxylation is 1. The number of amides is 2. The van der Waals surface area contributed by atoms with Gasteiger partial charge in [-0.05, 0) is 55.5 Å². The molecule has 2 amide bonds. The highest BCUT2D eigenvalue weighted by molar-refractivity contribution is 7.13. The van der Waals surface area contributed by atoms with Gasteiger partial charge in [0, 0.05) is 77.3 Å². The zero-order valence-corrected chi connectivity index (χ0v) is 25.6. The number of carbonyl (C=O) groups is 2. The van der Waals surface area contributed by atoms with E-state index in [1.165, 1.54) is 16.9 Å². The lowest BCUT2D eigenvalue weighted by Crippen LogP contribution is -2.38. The summed E-state index contributed by atoms with van der Waals surface area (Å²) in [5.41, 5.74) is 5.40. The number of aliphatic hydroxyl groups is 1. The summed E-state index contributed by atoms with van der Waals surface area (Å²) >= 11 is 8.05. The van der Waals surface area contributed by atoms with Crippen LogP contribution in [0.1, 0.15) is 69.3 Å². The van der Waals surface area contributed by atoms with Crippen molar-refractivity contribution in [1.82, 2.24) is 24.3 Å². The van der Waals surface area contributed by atoms with E-state index < -0.39 is 6.04 Å². The summed E-state index contributed by atoms with van der Waals surface area (Å²) in [6.07, 6.45) is 6.61. The van der Waals surface area contributed by atoms with Crippen LogP contribution in [-0.2, 0) is 30.8 Å². The zero-order valence-electron chi connectivity index (χ0n) is 24.0. The molecule has 2 N–H and O–H groups in total. The number of piperidine rings is 1. The van der Waals surface area contributed by atoms with Crippen LogP contribution in [-0.4, -0.2) is 60.4 Å². The molecule has 11 heteroatoms. The zero-order chi connectivity index (χ0) is 30.2. The summed E-state index contributed by atoms with van der Waals surface area (Å²) in [5, 5.41) is 15.3. The smallest absolute Gasteiger partial charge is 0.255 e. The highest BCUT2D eigenvalue weighted by atomic mass is 35.5. The van der Waals surface area contributed by atoms with Crippen LogP contribution in [0.2, 0.25) is 5.02 Å². The standard InChI is InChI=1S/C33H31ClN6O3S/c34-27-17-23(8-5-21-3-6-22(7-4-21)18-38-13-9-24(41)10-14-38)16-25-26(27)19-40(32(25)43)30(31(42)37-33-35-11-15-44-33)29-28-2-1-12-39(28)20-36-29/h3-4,6-7,11,15-17,20,24,30,41H,1-2,9-10,12-14,18-19H2,(H,35,37,42). The second-order valence-electron chi connectivity index (χ2n) is 11.5. The second-order valence-corrected chi connectivity index (χ2v) is 12.8. The topological polar surface area (TPSA) is 104 Å². The molecule has 44 heavy (non-hydrogen) atoms. The Kier molecular flexibility index (Phi) is 7.95. The number of fused-ring (bicyclic) bond motifs is 2. The SMILES string of the molecule is O=C(Nc1nccs1)C(c1ncn2c1CCC2)N1Cc2c(Cl)cc(C#Cc3ccc(CN4CCC(O)CC4)cc3)cc2C1=O. The summed E-state index contributed by atoms with van der Waals surface area (Å²) in [5.74, 6) is 5.73. The summed E-state index contributed by atoms with van der Waals surface area (Å²) in [7, 11) is 0. The first-order valence-electron chi connectivity index (χ1n) is 14.8. The lowest BCUT2D eigenvalue weighted by molar-refractivity contribution is -0.121. The Morgan fingerprint density at radius 3 is 2.68 bits per heavy atom. The van der Waals surface area contributed by atoms with E-state index in [1.54, 1.807) is 34.9 Å². The summed E-state index contributed by atoms with van der Waals surface area (Å²) in [4.78, 5) is 40.3. The van der Waals surface area contributed by atoms with E-state index in [0.717, 1.165) is 63.1 Å². The maximum atomic E-state index is 13.9. The van der Waals surface area contributed by atoms with Gasteiger partial charge in [-0.15, -0.1) is 11.3 Å². The highest BCUT2D eigenvalue weighted by Crippen LogP contribution is 2.38. The van der Waals surface area contributed by atoms with Crippen molar-refractivity contribution in [2.45, 2.75) is 57.5 Å². The number of hydrogen-bond acceptors (Lipinski definition) is 7. The number of aromatic nitrogens is 3. The third-order valence-electron chi connectivity index (χ3n) is 8.56. The summed E-state index contributed by atoms with van der Waals surface area (Å²) < 4.78 is 2.05. The van der Waals surface area contributed by atoms with Gasteiger partial charge in [0.15, 0.2) is 11.2 Å². The Hall–Kier alpha value is -4.01. The number of halogens is 1. The number of imidazole rings is 1. The number of thiazole rings is 1. The van der Waals surface area contributed by atoms with Gasteiger partial charge in [0.1, 0.15) is 0 Å². The normalized spacial score (nSPS) is 17.2. The molecule has 0 radical (unpaired) electrons. The molecule has 0 spiro atoms. The molecule has 2 aromatic carbocycles. The Balaban J connectivity index is 1.11. The lowest BCUT2D eigenvalue weighted by atomic mass is 10.0. The Morgan fingerprint density at radius 2 is 1.91 bits per heavy atom. The van der Waals surface area contributed by atoms with Gasteiger partial charge in [-0.25, -0.2) is 9.97 Å². The third kappa shape index (κ3) is 5.76. The highest BCUT2D eigenvalue weighted by Gasteiger charge is 2.41. The number of hydrogen-bond donors (Lipinski definition) is 2. The van der Waals surface area contributed by atoms with Crippen molar-refractivity contribution < 1.29 is 14.7 Å². The van der Waals surface area contributed by atoms with Crippen LogP contribution in [0, 0.1) is 11.8 Å². The first-order chi connectivity index (χ1) is 21.4. The van der Waals surface area contributed by atoms with Crippen molar-refractivity contribution in [3.05, 3.63) is 98.5 Å². The lowest BCUT2D eigenvalue weighted by Gasteiger charge is -2.29. The number of benzene rings is 2. The van der Waals surface area contributed by atoms with Crippen molar-refractivity contribution in [3.8, 4) is 11.8 Å². The average Bonchev–Trinajstić information content (AvgIpc) is 3.82. The van der Waals surface area contributed by atoms with Crippen LogP contribution < -0.4 is 5.32 Å². The minimum absolute atomic E-state index is 0.179. The van der Waals surface area contributed by atoms with Gasteiger partial charge in [-0.3, -0.25) is 19.8 Å². The third-order valence-corrected chi connectivity index (χ3v) is 9.58. The Labute approximate surface area is 264 Å². The summed E-state index contributed by atoms with van der Waals surface area (Å²) in [6, 6.07) is 10.8. The van der Waals surface area contributed by atoms with E-state index in [1.807, 2.05) is 12.1 Å². The summed E-state index contributed by atoms with van der Waals surface area (Å²) in [6.45, 7) is 3.70. The van der Waals surface area contributed by atoms with Gasteiger partial charge in [0.25, 0.3) is 11.8 Å². The van der Waals surface area contributed by atoms with Crippen LogP contribution >= 0.6 is 22.9 Å². The number of carbonyl (C=O) groups excluding carboxylic acids is 2. The number of nitrogens with one attached hydrogen (secondary N) is 1. The van der Waals surface area contributed by atoms with Crippen LogP contribution in [0.15, 0.2) is 54.3 Å². The van der Waals surface area contributed by atoms with Crippen molar-refractivity contribution in [3.63, 3.8) is 0 Å². The molecule has 9 nitrogen and oxygen atoms in total. The minimum atomic E-state index is -0.924. The fraction of sp³-hybridized carbons (Fsp3) is 0.333. The minimum Gasteiger partial charge on any atom is -0.393 e. The van der Waals surface area contributed by atoms with E-state index in [-0.39, 0.29) is 24.5 Å². The van der Waals surface area contributed by atoms with Crippen LogP contribution in [0.3, 0.4) is 0 Å². The molecular weight excluding hydrogens is 596 g/mol. The molecule has 3 aliphatic heterocycles. The van der Waals surface area contributed by atoms with Crippen LogP contribution in [0.25, 0.3) is 0 Å². The predicted molar refractivity (Wildman–Crippen MR) is 168 cm³/mol. The molecule has 0 aliphatic carbocycles. The number of anilines is 1. The number of aliphatic hydroxyl groups excluding tert-OH is 1. The molecule has 5 heterocycles. The van der Waals surface area contributed by atoms with E-state index in [9.17, 15) is 14.7 Å². The van der Waals surface area contributed by atoms with Crippen molar-refractivity contribution in [2.75, 3.05) is 18.4 Å². The molecule has 224 valence electrons. The maximum absolute atomic E-state index is 13.9. The largest absolute Gasteiger partial charge is 0.393 e. The molecule has 2 aromatic heterocycles. The van der Waals surface area contributed by atoms with Gasteiger partial charge in [0.2, 0.25) is 0 Å².